The number of hydrogen-bond acceptors (Lipinski definition) is 5. The molecule has 1 heterocycles. The standard InChI is InChI=1S/C13H26N2O4.ClH/c1-12(2,3)19-11(16)15-10-13(18-9-6-14)4-7-17-8-5-13;/h4-10,14H2,1-3H3,(H,15,16);1H. The van der Waals surface area contributed by atoms with E-state index >= 15 is 0 Å². The highest BCUT2D eigenvalue weighted by Crippen LogP contribution is 2.24. The lowest BCUT2D eigenvalue weighted by Gasteiger charge is -2.37. The number of halogens is 1. The molecule has 0 aromatic heterocycles. The Morgan fingerprint density at radius 1 is 1.35 bits per heavy atom. The Bertz CT molecular complexity index is 289. The second-order valence-corrected chi connectivity index (χ2v) is 5.79. The van der Waals surface area contributed by atoms with Crippen LogP contribution in [0, 0.1) is 0 Å². The van der Waals surface area contributed by atoms with E-state index in [-0.39, 0.29) is 18.0 Å². The number of alkyl carbamates (subject to hydrolysis) is 1. The van der Waals surface area contributed by atoms with Gasteiger partial charge in [0.15, 0.2) is 0 Å². The van der Waals surface area contributed by atoms with Crippen LogP contribution in [0.25, 0.3) is 0 Å². The van der Waals surface area contributed by atoms with Crippen LogP contribution in [0.3, 0.4) is 0 Å². The number of carbonyl (C=O) groups excluding carboxylic acids is 1. The molecule has 0 bridgehead atoms. The van der Waals surface area contributed by atoms with Crippen molar-refractivity contribution in [3.05, 3.63) is 0 Å². The van der Waals surface area contributed by atoms with Gasteiger partial charge >= 0.3 is 6.09 Å². The van der Waals surface area contributed by atoms with Crippen molar-refractivity contribution in [2.75, 3.05) is 32.9 Å². The minimum atomic E-state index is -0.495. The lowest BCUT2D eigenvalue weighted by molar-refractivity contribution is -0.106. The number of rotatable bonds is 5. The Balaban J connectivity index is 0.00000361. The van der Waals surface area contributed by atoms with Gasteiger partial charge in [-0.3, -0.25) is 0 Å². The summed E-state index contributed by atoms with van der Waals surface area (Å²) < 4.78 is 16.4. The van der Waals surface area contributed by atoms with Gasteiger partial charge in [0.25, 0.3) is 0 Å². The molecule has 1 saturated heterocycles. The Labute approximate surface area is 127 Å². The second kappa shape index (κ2) is 8.67. The summed E-state index contributed by atoms with van der Waals surface area (Å²) >= 11 is 0. The maximum absolute atomic E-state index is 11.7. The average Bonchev–Trinajstić information content (AvgIpc) is 2.33. The first-order chi connectivity index (χ1) is 8.87. The maximum atomic E-state index is 11.7. The van der Waals surface area contributed by atoms with E-state index in [4.69, 9.17) is 19.9 Å². The lowest BCUT2D eigenvalue weighted by Crippen LogP contribution is -2.50. The smallest absolute Gasteiger partial charge is 0.407 e. The van der Waals surface area contributed by atoms with Crippen LogP contribution in [0.15, 0.2) is 0 Å². The molecule has 0 aromatic rings. The molecule has 0 spiro atoms. The van der Waals surface area contributed by atoms with Crippen molar-refractivity contribution in [1.82, 2.24) is 5.32 Å². The molecule has 6 nitrogen and oxygen atoms in total. The fourth-order valence-corrected chi connectivity index (χ4v) is 1.94. The highest BCUT2D eigenvalue weighted by atomic mass is 35.5. The second-order valence-electron chi connectivity index (χ2n) is 5.79. The molecule has 0 aliphatic carbocycles. The Morgan fingerprint density at radius 2 is 1.95 bits per heavy atom. The number of amides is 1. The van der Waals surface area contributed by atoms with E-state index < -0.39 is 11.7 Å². The monoisotopic (exact) mass is 310 g/mol. The normalized spacial score (nSPS) is 18.0. The van der Waals surface area contributed by atoms with Gasteiger partial charge in [-0.15, -0.1) is 12.4 Å². The van der Waals surface area contributed by atoms with Gasteiger partial charge in [-0.05, 0) is 20.8 Å². The van der Waals surface area contributed by atoms with Crippen LogP contribution < -0.4 is 11.1 Å². The predicted octanol–water partition coefficient (Wildman–Crippen LogP) is 1.46. The summed E-state index contributed by atoms with van der Waals surface area (Å²) in [5.41, 5.74) is 4.60. The van der Waals surface area contributed by atoms with E-state index in [0.717, 1.165) is 12.8 Å². The van der Waals surface area contributed by atoms with E-state index in [1.165, 1.54) is 0 Å². The van der Waals surface area contributed by atoms with Crippen LogP contribution in [0.4, 0.5) is 4.79 Å². The maximum Gasteiger partial charge on any atom is 0.407 e. The summed E-state index contributed by atoms with van der Waals surface area (Å²) in [4.78, 5) is 11.7. The molecule has 120 valence electrons. The van der Waals surface area contributed by atoms with E-state index in [1.807, 2.05) is 20.8 Å². The SMILES string of the molecule is CC(C)(C)OC(=O)NCC1(OCCN)CCOCC1.Cl. The Kier molecular flexibility index (Phi) is 8.42. The highest BCUT2D eigenvalue weighted by Gasteiger charge is 2.34. The largest absolute Gasteiger partial charge is 0.444 e. The van der Waals surface area contributed by atoms with Gasteiger partial charge in [0.1, 0.15) is 5.60 Å². The van der Waals surface area contributed by atoms with Crippen LogP contribution in [0.5, 0.6) is 0 Å². The quantitative estimate of drug-likeness (QED) is 0.803. The van der Waals surface area contributed by atoms with Crippen LogP contribution in [-0.2, 0) is 14.2 Å². The minimum absolute atomic E-state index is 0. The molecule has 1 aliphatic rings. The van der Waals surface area contributed by atoms with Gasteiger partial charge in [0, 0.05) is 32.6 Å². The molecule has 7 heteroatoms. The zero-order valence-corrected chi connectivity index (χ0v) is 13.4. The average molecular weight is 311 g/mol. The summed E-state index contributed by atoms with van der Waals surface area (Å²) in [6, 6.07) is 0. The van der Waals surface area contributed by atoms with E-state index in [1.54, 1.807) is 0 Å². The third-order valence-corrected chi connectivity index (χ3v) is 2.88. The zero-order chi connectivity index (χ0) is 14.4. The van der Waals surface area contributed by atoms with Crippen LogP contribution in [0.2, 0.25) is 0 Å². The van der Waals surface area contributed by atoms with Crippen molar-refractivity contribution in [1.29, 1.82) is 0 Å². The molecular weight excluding hydrogens is 284 g/mol. The van der Waals surface area contributed by atoms with Crippen molar-refractivity contribution < 1.29 is 19.0 Å². The van der Waals surface area contributed by atoms with Crippen LogP contribution in [-0.4, -0.2) is 50.2 Å². The molecule has 3 N–H and O–H groups in total. The van der Waals surface area contributed by atoms with Gasteiger partial charge < -0.3 is 25.3 Å². The Morgan fingerprint density at radius 3 is 2.45 bits per heavy atom. The molecule has 0 saturated carbocycles. The van der Waals surface area contributed by atoms with E-state index in [9.17, 15) is 4.79 Å². The summed E-state index contributed by atoms with van der Waals surface area (Å²) in [6.45, 7) is 8.16. The third-order valence-electron chi connectivity index (χ3n) is 2.88. The molecule has 20 heavy (non-hydrogen) atoms. The number of carbonyl (C=O) groups is 1. The summed E-state index contributed by atoms with van der Waals surface area (Å²) in [5.74, 6) is 0. The fourth-order valence-electron chi connectivity index (χ4n) is 1.94. The van der Waals surface area contributed by atoms with Crippen LogP contribution in [0.1, 0.15) is 33.6 Å². The van der Waals surface area contributed by atoms with Gasteiger partial charge in [-0.1, -0.05) is 0 Å². The molecule has 0 radical (unpaired) electrons. The third kappa shape index (κ3) is 7.28. The van der Waals surface area contributed by atoms with Gasteiger partial charge in [0.05, 0.1) is 18.8 Å². The molecular formula is C13H27ClN2O4. The molecule has 0 atom stereocenters. The first kappa shape index (κ1) is 19.4. The number of hydrogen-bond donors (Lipinski definition) is 2. The predicted molar refractivity (Wildman–Crippen MR) is 79.3 cm³/mol. The fraction of sp³-hybridized carbons (Fsp3) is 0.923. The van der Waals surface area contributed by atoms with Gasteiger partial charge in [-0.25, -0.2) is 4.79 Å². The minimum Gasteiger partial charge on any atom is -0.444 e. The van der Waals surface area contributed by atoms with E-state index in [2.05, 4.69) is 5.32 Å². The first-order valence-electron chi connectivity index (χ1n) is 6.75. The lowest BCUT2D eigenvalue weighted by atomic mass is 9.94. The molecule has 0 aromatic carbocycles. The molecule has 1 fully saturated rings. The summed E-state index contributed by atoms with van der Waals surface area (Å²) in [5, 5.41) is 2.78. The topological polar surface area (TPSA) is 82.8 Å². The molecule has 1 aliphatic heterocycles. The van der Waals surface area contributed by atoms with Gasteiger partial charge in [0.2, 0.25) is 0 Å². The van der Waals surface area contributed by atoms with Crippen molar-refractivity contribution in [2.45, 2.75) is 44.8 Å². The van der Waals surface area contributed by atoms with Crippen molar-refractivity contribution in [3.63, 3.8) is 0 Å². The highest BCUT2D eigenvalue weighted by molar-refractivity contribution is 5.85. The molecule has 0 unspecified atom stereocenters. The van der Waals surface area contributed by atoms with E-state index in [0.29, 0.717) is 32.9 Å². The van der Waals surface area contributed by atoms with Crippen molar-refractivity contribution in [3.8, 4) is 0 Å². The number of ether oxygens (including phenoxy) is 3. The van der Waals surface area contributed by atoms with Crippen LogP contribution >= 0.6 is 12.4 Å². The zero-order valence-electron chi connectivity index (χ0n) is 12.6. The number of nitrogens with one attached hydrogen (secondary N) is 1. The Hall–Kier alpha value is -0.560. The van der Waals surface area contributed by atoms with Crippen molar-refractivity contribution in [2.24, 2.45) is 5.73 Å². The molecule has 1 amide bonds. The van der Waals surface area contributed by atoms with Crippen molar-refractivity contribution >= 4 is 18.5 Å². The molecule has 1 rings (SSSR count). The van der Waals surface area contributed by atoms with Gasteiger partial charge in [-0.2, -0.15) is 0 Å². The first-order valence-corrected chi connectivity index (χ1v) is 6.75. The summed E-state index contributed by atoms with van der Waals surface area (Å²) in [6.07, 6.45) is 1.08. The summed E-state index contributed by atoms with van der Waals surface area (Å²) in [7, 11) is 0. The number of nitrogens with two attached hydrogens (primary N) is 1.